The summed E-state index contributed by atoms with van der Waals surface area (Å²) in [7, 11) is 1.78. The first-order valence-electron chi connectivity index (χ1n) is 6.19. The minimum absolute atomic E-state index is 0.252. The van der Waals surface area contributed by atoms with E-state index >= 15 is 0 Å². The van der Waals surface area contributed by atoms with Crippen molar-refractivity contribution in [1.29, 1.82) is 0 Å². The van der Waals surface area contributed by atoms with Gasteiger partial charge >= 0.3 is 0 Å². The molecule has 2 aromatic rings. The van der Waals surface area contributed by atoms with Crippen LogP contribution in [-0.2, 0) is 11.8 Å². The molecule has 0 radical (unpaired) electrons. The minimum atomic E-state index is -0.628. The van der Waals surface area contributed by atoms with Gasteiger partial charge in [0.15, 0.2) is 11.9 Å². The van der Waals surface area contributed by atoms with Gasteiger partial charge in [0.2, 0.25) is 0 Å². The van der Waals surface area contributed by atoms with Crippen LogP contribution < -0.4 is 10.1 Å². The molecule has 1 heterocycles. The van der Waals surface area contributed by atoms with Crippen LogP contribution in [0.2, 0.25) is 5.02 Å². The molecule has 0 bridgehead atoms. The fourth-order valence-electron chi connectivity index (χ4n) is 1.70. The van der Waals surface area contributed by atoms with Crippen LogP contribution in [0, 0.1) is 6.92 Å². The molecule has 1 aromatic carbocycles. The molecule has 0 unspecified atom stereocenters. The number of carbonyl (C=O) groups excluding carboxylic acids is 1. The number of ether oxygens (including phenoxy) is 1. The summed E-state index contributed by atoms with van der Waals surface area (Å²) in [6.45, 7) is 3.57. The Morgan fingerprint density at radius 3 is 2.80 bits per heavy atom. The van der Waals surface area contributed by atoms with Crippen LogP contribution in [0.5, 0.6) is 5.75 Å². The first-order valence-corrected chi connectivity index (χ1v) is 6.57. The molecule has 1 atom stereocenters. The summed E-state index contributed by atoms with van der Waals surface area (Å²) in [4.78, 5) is 12.0. The Morgan fingerprint density at radius 1 is 1.45 bits per heavy atom. The molecule has 0 fully saturated rings. The van der Waals surface area contributed by atoms with Gasteiger partial charge in [0.25, 0.3) is 5.91 Å². The van der Waals surface area contributed by atoms with E-state index in [1.807, 2.05) is 6.92 Å². The smallest absolute Gasteiger partial charge is 0.266 e. The first kappa shape index (κ1) is 14.4. The van der Waals surface area contributed by atoms with Crippen LogP contribution in [-0.4, -0.2) is 21.8 Å². The third kappa shape index (κ3) is 3.51. The molecule has 106 valence electrons. The lowest BCUT2D eigenvalue weighted by molar-refractivity contribution is -0.122. The number of carbonyl (C=O) groups is 1. The monoisotopic (exact) mass is 293 g/mol. The number of anilines is 1. The number of hydrogen-bond donors (Lipinski definition) is 1. The summed E-state index contributed by atoms with van der Waals surface area (Å²) >= 11 is 5.88. The van der Waals surface area contributed by atoms with Crippen molar-refractivity contribution in [3.8, 4) is 5.75 Å². The van der Waals surface area contributed by atoms with E-state index in [1.54, 1.807) is 49.1 Å². The molecule has 20 heavy (non-hydrogen) atoms. The van der Waals surface area contributed by atoms with E-state index in [4.69, 9.17) is 16.3 Å². The lowest BCUT2D eigenvalue weighted by atomic mass is 10.2. The number of nitrogens with zero attached hydrogens (tertiary/aromatic N) is 2. The van der Waals surface area contributed by atoms with Gasteiger partial charge in [-0.15, -0.1) is 0 Å². The van der Waals surface area contributed by atoms with Gasteiger partial charge in [-0.25, -0.2) is 0 Å². The summed E-state index contributed by atoms with van der Waals surface area (Å²) in [6, 6.07) is 6.99. The fourth-order valence-corrected chi connectivity index (χ4v) is 1.93. The van der Waals surface area contributed by atoms with E-state index in [0.717, 1.165) is 5.56 Å². The SMILES string of the molecule is Cc1cc(Cl)ccc1O[C@@H](C)C(=O)Nc1ccn(C)n1. The van der Waals surface area contributed by atoms with Crippen molar-refractivity contribution in [2.45, 2.75) is 20.0 Å². The second kappa shape index (κ2) is 5.96. The van der Waals surface area contributed by atoms with Gasteiger partial charge in [0, 0.05) is 24.3 Å². The molecule has 0 saturated carbocycles. The third-order valence-electron chi connectivity index (χ3n) is 2.77. The maximum atomic E-state index is 12.0. The normalized spacial score (nSPS) is 12.0. The lowest BCUT2D eigenvalue weighted by Crippen LogP contribution is -2.30. The number of halogens is 1. The Bertz CT molecular complexity index is 625. The largest absolute Gasteiger partial charge is 0.481 e. The number of nitrogens with one attached hydrogen (secondary N) is 1. The number of rotatable bonds is 4. The van der Waals surface area contributed by atoms with Gasteiger partial charge < -0.3 is 10.1 Å². The highest BCUT2D eigenvalue weighted by Gasteiger charge is 2.16. The fraction of sp³-hybridized carbons (Fsp3) is 0.286. The molecule has 6 heteroatoms. The number of amides is 1. The van der Waals surface area contributed by atoms with Crippen LogP contribution in [0.4, 0.5) is 5.82 Å². The maximum absolute atomic E-state index is 12.0. The average molecular weight is 294 g/mol. The number of aryl methyl sites for hydroxylation is 2. The van der Waals surface area contributed by atoms with Crippen LogP contribution in [0.25, 0.3) is 0 Å². The highest BCUT2D eigenvalue weighted by atomic mass is 35.5. The van der Waals surface area contributed by atoms with Crippen LogP contribution in [0.3, 0.4) is 0 Å². The van der Waals surface area contributed by atoms with E-state index in [-0.39, 0.29) is 5.91 Å². The maximum Gasteiger partial charge on any atom is 0.266 e. The predicted octanol–water partition coefficient (Wildman–Crippen LogP) is 2.79. The summed E-state index contributed by atoms with van der Waals surface area (Å²) in [5.41, 5.74) is 0.884. The second-order valence-electron chi connectivity index (χ2n) is 4.53. The minimum Gasteiger partial charge on any atom is -0.481 e. The molecule has 0 aliphatic rings. The van der Waals surface area contributed by atoms with E-state index in [2.05, 4.69) is 10.4 Å². The van der Waals surface area contributed by atoms with Crippen LogP contribution in [0.1, 0.15) is 12.5 Å². The predicted molar refractivity (Wildman–Crippen MR) is 78.1 cm³/mol. The molecular weight excluding hydrogens is 278 g/mol. The lowest BCUT2D eigenvalue weighted by Gasteiger charge is -2.15. The van der Waals surface area contributed by atoms with Crippen molar-refractivity contribution < 1.29 is 9.53 Å². The van der Waals surface area contributed by atoms with Gasteiger partial charge in [-0.1, -0.05) is 11.6 Å². The van der Waals surface area contributed by atoms with Crippen molar-refractivity contribution in [2.24, 2.45) is 7.05 Å². The highest BCUT2D eigenvalue weighted by Crippen LogP contribution is 2.23. The van der Waals surface area contributed by atoms with Crippen LogP contribution in [0.15, 0.2) is 30.5 Å². The molecule has 0 spiro atoms. The van der Waals surface area contributed by atoms with Crippen molar-refractivity contribution in [1.82, 2.24) is 9.78 Å². The molecule has 0 aliphatic heterocycles. The quantitative estimate of drug-likeness (QED) is 0.943. The summed E-state index contributed by atoms with van der Waals surface area (Å²) in [6.07, 6.45) is 1.13. The molecule has 1 amide bonds. The van der Waals surface area contributed by atoms with Crippen molar-refractivity contribution in [2.75, 3.05) is 5.32 Å². The van der Waals surface area contributed by atoms with Crippen molar-refractivity contribution in [3.05, 3.63) is 41.0 Å². The molecular formula is C14H16ClN3O2. The Kier molecular flexibility index (Phi) is 4.29. The summed E-state index contributed by atoms with van der Waals surface area (Å²) < 4.78 is 7.25. The Morgan fingerprint density at radius 2 is 2.20 bits per heavy atom. The van der Waals surface area contributed by atoms with Gasteiger partial charge in [0.05, 0.1) is 0 Å². The van der Waals surface area contributed by atoms with Crippen LogP contribution >= 0.6 is 11.6 Å². The van der Waals surface area contributed by atoms with E-state index in [9.17, 15) is 4.79 Å². The van der Waals surface area contributed by atoms with Crippen molar-refractivity contribution in [3.63, 3.8) is 0 Å². The molecule has 2 rings (SSSR count). The number of hydrogen-bond acceptors (Lipinski definition) is 3. The van der Waals surface area contributed by atoms with Gasteiger partial charge in [-0.2, -0.15) is 5.10 Å². The summed E-state index contributed by atoms with van der Waals surface area (Å²) in [5.74, 6) is 0.886. The third-order valence-corrected chi connectivity index (χ3v) is 3.01. The molecule has 0 saturated heterocycles. The van der Waals surface area contributed by atoms with Crippen molar-refractivity contribution >= 4 is 23.3 Å². The zero-order chi connectivity index (χ0) is 14.7. The standard InChI is InChI=1S/C14H16ClN3O2/c1-9-8-11(15)4-5-12(9)20-10(2)14(19)16-13-6-7-18(3)17-13/h4-8,10H,1-3H3,(H,16,17,19)/t10-/m0/s1. The Labute approximate surface area is 122 Å². The average Bonchev–Trinajstić information content (AvgIpc) is 2.78. The zero-order valence-corrected chi connectivity index (χ0v) is 12.3. The van der Waals surface area contributed by atoms with E-state index in [1.165, 1.54) is 0 Å². The van der Waals surface area contributed by atoms with E-state index in [0.29, 0.717) is 16.6 Å². The first-order chi connectivity index (χ1) is 9.45. The Balaban J connectivity index is 2.00. The van der Waals surface area contributed by atoms with Gasteiger partial charge in [0.1, 0.15) is 5.75 Å². The second-order valence-corrected chi connectivity index (χ2v) is 4.97. The number of aromatic nitrogens is 2. The molecule has 1 aromatic heterocycles. The summed E-state index contributed by atoms with van der Waals surface area (Å²) in [5, 5.41) is 7.41. The van der Waals surface area contributed by atoms with E-state index < -0.39 is 6.10 Å². The molecule has 5 nitrogen and oxygen atoms in total. The topological polar surface area (TPSA) is 56.1 Å². The zero-order valence-electron chi connectivity index (χ0n) is 11.6. The highest BCUT2D eigenvalue weighted by molar-refractivity contribution is 6.30. The van der Waals surface area contributed by atoms with Gasteiger partial charge in [-0.3, -0.25) is 9.48 Å². The van der Waals surface area contributed by atoms with Gasteiger partial charge in [-0.05, 0) is 37.6 Å². The molecule has 1 N–H and O–H groups in total. The Hall–Kier alpha value is -2.01. The number of benzene rings is 1. The molecule has 0 aliphatic carbocycles.